The van der Waals surface area contributed by atoms with Gasteiger partial charge in [-0.05, 0) is 0 Å². The highest BCUT2D eigenvalue weighted by atomic mass is 32.2. The van der Waals surface area contributed by atoms with Crippen LogP contribution in [0.5, 0.6) is 0 Å². The van der Waals surface area contributed by atoms with Crippen LogP contribution in [-0.4, -0.2) is 59.0 Å². The van der Waals surface area contributed by atoms with Crippen LogP contribution in [0.15, 0.2) is 0 Å². The molecule has 1 unspecified atom stereocenters. The third-order valence-corrected chi connectivity index (χ3v) is 2.78. The van der Waals surface area contributed by atoms with E-state index in [0.29, 0.717) is 4.90 Å². The normalized spacial score (nSPS) is 18.9. The Labute approximate surface area is 90.6 Å². The Hall–Kier alpha value is -1.48. The first kappa shape index (κ1) is 12.6. The Morgan fingerprint density at radius 2 is 2.00 bits per heavy atom. The number of carboxylic acid groups (broad SMARTS) is 1. The molecule has 0 spiro atoms. The molecule has 0 aromatic carbocycles. The van der Waals surface area contributed by atoms with E-state index >= 15 is 0 Å². The predicted octanol–water partition coefficient (Wildman–Crippen LogP) is -1.87. The fourth-order valence-corrected chi connectivity index (χ4v) is 2.10. The maximum Gasteiger partial charge on any atom is 0.327 e. The van der Waals surface area contributed by atoms with E-state index in [-0.39, 0.29) is 0 Å². The fourth-order valence-electron chi connectivity index (χ4n) is 1.38. The first-order valence-corrected chi connectivity index (χ1v) is 5.81. The highest BCUT2D eigenvalue weighted by Crippen LogP contribution is 2.12. The Morgan fingerprint density at radius 3 is 2.31 bits per heavy atom. The van der Waals surface area contributed by atoms with Crippen LogP contribution in [0.2, 0.25) is 0 Å². The number of likely N-dealkylation sites (tertiary alicyclic amines) is 1. The van der Waals surface area contributed by atoms with Crippen molar-refractivity contribution < 1.29 is 32.5 Å². The van der Waals surface area contributed by atoms with E-state index in [1.807, 2.05) is 0 Å². The number of Topliss-reactive ketones (excluding diaryl/α,β-unsaturated/α-hetero) is 1. The number of aliphatic carboxylic acids is 1. The third-order valence-electron chi connectivity index (χ3n) is 2.05. The van der Waals surface area contributed by atoms with Crippen LogP contribution in [0.3, 0.4) is 0 Å². The largest absolute Gasteiger partial charge is 0.480 e. The quantitative estimate of drug-likeness (QED) is 0.442. The molecular weight excluding hydrogens is 242 g/mol. The summed E-state index contributed by atoms with van der Waals surface area (Å²) < 4.78 is 29.7. The summed E-state index contributed by atoms with van der Waals surface area (Å²) in [5.74, 6) is -3.94. The molecule has 1 rings (SSSR count). The van der Waals surface area contributed by atoms with Gasteiger partial charge in [0.05, 0.1) is 13.0 Å². The van der Waals surface area contributed by atoms with Crippen LogP contribution in [0.4, 0.5) is 0 Å². The Balaban J connectivity index is 2.91. The predicted molar refractivity (Wildman–Crippen MR) is 49.2 cm³/mol. The number of hydrogen-bond donors (Lipinski definition) is 2. The number of rotatable bonds is 4. The number of amides is 1. The minimum absolute atomic E-state index is 0.435. The molecule has 0 aliphatic carbocycles. The molecule has 16 heavy (non-hydrogen) atoms. The van der Waals surface area contributed by atoms with Gasteiger partial charge in [0.1, 0.15) is 11.8 Å². The topological polar surface area (TPSA) is 129 Å². The summed E-state index contributed by atoms with van der Waals surface area (Å²) in [6.45, 7) is -0.439. The van der Waals surface area contributed by atoms with Gasteiger partial charge in [0.2, 0.25) is 5.91 Å². The van der Waals surface area contributed by atoms with Gasteiger partial charge in [-0.15, -0.1) is 0 Å². The molecule has 1 atom stereocenters. The Kier molecular flexibility index (Phi) is 3.29. The average molecular weight is 251 g/mol. The van der Waals surface area contributed by atoms with Crippen LogP contribution < -0.4 is 0 Å². The molecule has 1 heterocycles. The zero-order valence-electron chi connectivity index (χ0n) is 7.99. The molecule has 0 bridgehead atoms. The lowest BCUT2D eigenvalue weighted by molar-refractivity contribution is -0.147. The zero-order valence-corrected chi connectivity index (χ0v) is 8.81. The number of ketones is 1. The molecule has 1 fully saturated rings. The van der Waals surface area contributed by atoms with Crippen molar-refractivity contribution in [2.45, 2.75) is 12.5 Å². The lowest BCUT2D eigenvalue weighted by Crippen LogP contribution is -2.46. The summed E-state index contributed by atoms with van der Waals surface area (Å²) in [4.78, 5) is 33.4. The van der Waals surface area contributed by atoms with E-state index < -0.39 is 52.5 Å². The van der Waals surface area contributed by atoms with E-state index in [9.17, 15) is 22.8 Å². The molecule has 1 amide bonds. The number of hydrogen-bond acceptors (Lipinski definition) is 5. The first-order valence-electron chi connectivity index (χ1n) is 4.20. The van der Waals surface area contributed by atoms with E-state index in [1.54, 1.807) is 0 Å². The lowest BCUT2D eigenvalue weighted by Gasteiger charge is -2.21. The number of carbonyl (C=O) groups excluding carboxylic acids is 2. The monoisotopic (exact) mass is 251 g/mol. The SMILES string of the molecule is O=C1CC(=O)N(C(CS(=O)(=O)O)C(=O)O)C1. The van der Waals surface area contributed by atoms with E-state index in [1.165, 1.54) is 0 Å². The summed E-state index contributed by atoms with van der Waals surface area (Å²) in [5.41, 5.74) is 0. The molecule has 0 aromatic heterocycles. The number of carbonyl (C=O) groups is 3. The van der Waals surface area contributed by atoms with Crippen LogP contribution in [0.1, 0.15) is 6.42 Å². The zero-order chi connectivity index (χ0) is 12.5. The Bertz CT molecular complexity index is 440. The van der Waals surface area contributed by atoms with Crippen molar-refractivity contribution >= 4 is 27.8 Å². The molecule has 0 aromatic rings. The second kappa shape index (κ2) is 4.18. The molecule has 0 saturated carbocycles. The molecule has 1 aliphatic heterocycles. The molecule has 0 radical (unpaired) electrons. The van der Waals surface area contributed by atoms with E-state index in [0.717, 1.165) is 0 Å². The molecule has 90 valence electrons. The highest BCUT2D eigenvalue weighted by molar-refractivity contribution is 7.85. The molecule has 1 aliphatic rings. The van der Waals surface area contributed by atoms with Crippen molar-refractivity contribution in [3.05, 3.63) is 0 Å². The van der Waals surface area contributed by atoms with Crippen molar-refractivity contribution in [1.29, 1.82) is 0 Å². The summed E-state index contributed by atoms with van der Waals surface area (Å²) in [6, 6.07) is -1.73. The second-order valence-corrected chi connectivity index (χ2v) is 4.84. The molecule has 8 nitrogen and oxygen atoms in total. The van der Waals surface area contributed by atoms with Crippen molar-refractivity contribution in [2.24, 2.45) is 0 Å². The van der Waals surface area contributed by atoms with Crippen molar-refractivity contribution in [2.75, 3.05) is 12.3 Å². The second-order valence-electron chi connectivity index (χ2n) is 3.34. The van der Waals surface area contributed by atoms with Gasteiger partial charge >= 0.3 is 5.97 Å². The maximum absolute atomic E-state index is 11.2. The van der Waals surface area contributed by atoms with Crippen molar-refractivity contribution in [3.8, 4) is 0 Å². The third kappa shape index (κ3) is 3.00. The summed E-state index contributed by atoms with van der Waals surface area (Å²) in [7, 11) is -4.53. The summed E-state index contributed by atoms with van der Waals surface area (Å²) >= 11 is 0. The summed E-state index contributed by atoms with van der Waals surface area (Å²) in [5, 5.41) is 8.72. The van der Waals surface area contributed by atoms with Gasteiger partial charge < -0.3 is 10.0 Å². The number of carboxylic acids is 1. The standard InChI is InChI=1S/C7H9NO7S/c9-4-1-6(10)8(2-4)5(7(11)12)3-16(13,14)15/h5H,1-3H2,(H,11,12)(H,13,14,15). The molecule has 1 saturated heterocycles. The van der Waals surface area contributed by atoms with Gasteiger partial charge in [0, 0.05) is 0 Å². The summed E-state index contributed by atoms with van der Waals surface area (Å²) in [6.07, 6.45) is -0.435. The van der Waals surface area contributed by atoms with Gasteiger partial charge in [0.15, 0.2) is 5.78 Å². The highest BCUT2D eigenvalue weighted by Gasteiger charge is 2.38. The van der Waals surface area contributed by atoms with E-state index in [4.69, 9.17) is 9.66 Å². The Morgan fingerprint density at radius 1 is 1.44 bits per heavy atom. The van der Waals surface area contributed by atoms with Gasteiger partial charge in [-0.1, -0.05) is 0 Å². The van der Waals surface area contributed by atoms with Crippen LogP contribution in [0.25, 0.3) is 0 Å². The van der Waals surface area contributed by atoms with Gasteiger partial charge in [0.25, 0.3) is 10.1 Å². The minimum atomic E-state index is -4.53. The minimum Gasteiger partial charge on any atom is -0.480 e. The van der Waals surface area contributed by atoms with E-state index in [2.05, 4.69) is 0 Å². The average Bonchev–Trinajstić information content (AvgIpc) is 2.39. The van der Waals surface area contributed by atoms with Gasteiger partial charge in [-0.25, -0.2) is 4.79 Å². The smallest absolute Gasteiger partial charge is 0.327 e. The maximum atomic E-state index is 11.2. The van der Waals surface area contributed by atoms with Crippen LogP contribution in [-0.2, 0) is 24.5 Å². The molecule has 2 N–H and O–H groups in total. The molecular formula is C7H9NO7S. The van der Waals surface area contributed by atoms with Crippen LogP contribution >= 0.6 is 0 Å². The number of nitrogens with zero attached hydrogens (tertiary/aromatic N) is 1. The van der Waals surface area contributed by atoms with Gasteiger partial charge in [-0.3, -0.25) is 14.1 Å². The van der Waals surface area contributed by atoms with Gasteiger partial charge in [-0.2, -0.15) is 8.42 Å². The fraction of sp³-hybridized carbons (Fsp3) is 0.571. The molecule has 9 heteroatoms. The van der Waals surface area contributed by atoms with Crippen molar-refractivity contribution in [3.63, 3.8) is 0 Å². The van der Waals surface area contributed by atoms with Crippen molar-refractivity contribution in [1.82, 2.24) is 4.90 Å². The lowest BCUT2D eigenvalue weighted by atomic mass is 10.3. The first-order chi connectivity index (χ1) is 7.20. The van der Waals surface area contributed by atoms with Crippen LogP contribution in [0, 0.1) is 0 Å².